The van der Waals surface area contributed by atoms with Crippen LogP contribution in [-0.4, -0.2) is 12.1 Å². The molecule has 0 saturated carbocycles. The van der Waals surface area contributed by atoms with Crippen LogP contribution in [0, 0.1) is 5.92 Å². The van der Waals surface area contributed by atoms with Gasteiger partial charge in [-0.1, -0.05) is 38.7 Å². The molecule has 0 fully saturated rings. The predicted octanol–water partition coefficient (Wildman–Crippen LogP) is 6.13. The molecule has 1 atom stereocenters. The third kappa shape index (κ3) is 8.22. The molecule has 0 aliphatic heterocycles. The molecule has 0 heterocycles. The van der Waals surface area contributed by atoms with Gasteiger partial charge in [0, 0.05) is 6.42 Å². The van der Waals surface area contributed by atoms with E-state index in [0.29, 0.717) is 6.42 Å². The zero-order valence-corrected chi connectivity index (χ0v) is 11.4. The molecule has 0 aromatic carbocycles. The SMILES string of the molecule is C=CCCCCCC(C)CCCC(F)(F)C(F)(F)F. The quantitative estimate of drug-likeness (QED) is 0.257. The van der Waals surface area contributed by atoms with Crippen LogP contribution in [0.1, 0.15) is 58.3 Å². The Morgan fingerprint density at radius 3 is 2.05 bits per heavy atom. The molecule has 0 aliphatic rings. The summed E-state index contributed by atoms with van der Waals surface area (Å²) in [7, 11) is 0. The highest BCUT2D eigenvalue weighted by Crippen LogP contribution is 2.39. The van der Waals surface area contributed by atoms with Crippen molar-refractivity contribution in [3.05, 3.63) is 12.7 Å². The largest absolute Gasteiger partial charge is 0.453 e. The summed E-state index contributed by atoms with van der Waals surface area (Å²) < 4.78 is 61.0. The second-order valence-corrected chi connectivity index (χ2v) is 5.13. The Kier molecular flexibility index (Phi) is 8.26. The molecule has 0 N–H and O–H groups in total. The molecule has 0 aliphatic carbocycles. The minimum Gasteiger partial charge on any atom is -0.196 e. The Balaban J connectivity index is 3.68. The molecule has 0 saturated heterocycles. The lowest BCUT2D eigenvalue weighted by atomic mass is 9.96. The van der Waals surface area contributed by atoms with Gasteiger partial charge in [0.15, 0.2) is 0 Å². The van der Waals surface area contributed by atoms with E-state index in [4.69, 9.17) is 0 Å². The maximum Gasteiger partial charge on any atom is 0.453 e. The molecule has 1 unspecified atom stereocenters. The molecule has 0 rings (SSSR count). The van der Waals surface area contributed by atoms with Crippen molar-refractivity contribution in [1.29, 1.82) is 0 Å². The Hall–Kier alpha value is -0.610. The highest BCUT2D eigenvalue weighted by atomic mass is 19.4. The van der Waals surface area contributed by atoms with Gasteiger partial charge in [-0.05, 0) is 25.2 Å². The lowest BCUT2D eigenvalue weighted by Gasteiger charge is -2.20. The molecular formula is C14H23F5. The maximum atomic E-state index is 12.6. The van der Waals surface area contributed by atoms with Gasteiger partial charge in [0.1, 0.15) is 0 Å². The zero-order chi connectivity index (χ0) is 14.9. The van der Waals surface area contributed by atoms with Crippen molar-refractivity contribution in [1.82, 2.24) is 0 Å². The number of hydrogen-bond acceptors (Lipinski definition) is 0. The van der Waals surface area contributed by atoms with Crippen molar-refractivity contribution < 1.29 is 22.0 Å². The van der Waals surface area contributed by atoms with Gasteiger partial charge in [0.25, 0.3) is 0 Å². The molecule has 0 radical (unpaired) electrons. The summed E-state index contributed by atoms with van der Waals surface area (Å²) in [5.41, 5.74) is 0. The second-order valence-electron chi connectivity index (χ2n) is 5.13. The first-order chi connectivity index (χ1) is 8.70. The number of hydrogen-bond donors (Lipinski definition) is 0. The summed E-state index contributed by atoms with van der Waals surface area (Å²) in [6.45, 7) is 5.52. The molecule has 0 aromatic heterocycles. The lowest BCUT2D eigenvalue weighted by molar-refractivity contribution is -0.284. The van der Waals surface area contributed by atoms with Gasteiger partial charge in [0.05, 0.1) is 0 Å². The summed E-state index contributed by atoms with van der Waals surface area (Å²) in [5, 5.41) is 0. The summed E-state index contributed by atoms with van der Waals surface area (Å²) in [6, 6.07) is 0. The number of rotatable bonds is 10. The average molecular weight is 286 g/mol. The predicted molar refractivity (Wildman–Crippen MR) is 67.3 cm³/mol. The molecular weight excluding hydrogens is 263 g/mol. The smallest absolute Gasteiger partial charge is 0.196 e. The molecule has 19 heavy (non-hydrogen) atoms. The first-order valence-electron chi connectivity index (χ1n) is 6.76. The van der Waals surface area contributed by atoms with E-state index in [1.165, 1.54) is 0 Å². The molecule has 5 heteroatoms. The van der Waals surface area contributed by atoms with Gasteiger partial charge in [-0.15, -0.1) is 6.58 Å². The fourth-order valence-electron chi connectivity index (χ4n) is 1.92. The van der Waals surface area contributed by atoms with Crippen LogP contribution in [0.3, 0.4) is 0 Å². The minimum absolute atomic E-state index is 0.0830. The summed E-state index contributed by atoms with van der Waals surface area (Å²) in [5.74, 6) is -4.34. The van der Waals surface area contributed by atoms with Crippen molar-refractivity contribution in [2.75, 3.05) is 0 Å². The van der Waals surface area contributed by atoms with Crippen molar-refractivity contribution in [2.45, 2.75) is 70.4 Å². The Bertz CT molecular complexity index is 245. The Morgan fingerprint density at radius 1 is 0.947 bits per heavy atom. The van der Waals surface area contributed by atoms with Gasteiger partial charge in [-0.25, -0.2) is 0 Å². The van der Waals surface area contributed by atoms with E-state index in [9.17, 15) is 22.0 Å². The number of alkyl halides is 5. The van der Waals surface area contributed by atoms with Crippen LogP contribution in [0.4, 0.5) is 22.0 Å². The molecule has 0 spiro atoms. The van der Waals surface area contributed by atoms with Gasteiger partial charge in [-0.3, -0.25) is 0 Å². The van der Waals surface area contributed by atoms with Crippen molar-refractivity contribution in [3.63, 3.8) is 0 Å². The highest BCUT2D eigenvalue weighted by Gasteiger charge is 2.56. The summed E-state index contributed by atoms with van der Waals surface area (Å²) in [4.78, 5) is 0. The summed E-state index contributed by atoms with van der Waals surface area (Å²) >= 11 is 0. The average Bonchev–Trinajstić information content (AvgIpc) is 2.27. The lowest BCUT2D eigenvalue weighted by Crippen LogP contribution is -2.36. The van der Waals surface area contributed by atoms with Gasteiger partial charge < -0.3 is 0 Å². The highest BCUT2D eigenvalue weighted by molar-refractivity contribution is 4.75. The number of allylic oxidation sites excluding steroid dienone is 1. The molecule has 0 bridgehead atoms. The van der Waals surface area contributed by atoms with E-state index in [1.807, 2.05) is 13.0 Å². The monoisotopic (exact) mass is 286 g/mol. The minimum atomic E-state index is -5.42. The van der Waals surface area contributed by atoms with Crippen LogP contribution >= 0.6 is 0 Å². The maximum absolute atomic E-state index is 12.6. The molecule has 0 aromatic rings. The number of halogens is 5. The van der Waals surface area contributed by atoms with Crippen LogP contribution in [-0.2, 0) is 0 Å². The van der Waals surface area contributed by atoms with Crippen LogP contribution < -0.4 is 0 Å². The Labute approximate surface area is 112 Å². The van der Waals surface area contributed by atoms with Crippen molar-refractivity contribution in [3.8, 4) is 0 Å². The first-order valence-corrected chi connectivity index (χ1v) is 6.76. The van der Waals surface area contributed by atoms with E-state index < -0.39 is 18.5 Å². The zero-order valence-electron chi connectivity index (χ0n) is 11.4. The van der Waals surface area contributed by atoms with Crippen molar-refractivity contribution in [2.24, 2.45) is 5.92 Å². The molecule has 0 amide bonds. The van der Waals surface area contributed by atoms with E-state index in [1.54, 1.807) is 0 Å². The van der Waals surface area contributed by atoms with Crippen LogP contribution in [0.5, 0.6) is 0 Å². The van der Waals surface area contributed by atoms with E-state index >= 15 is 0 Å². The normalized spacial score (nSPS) is 14.4. The van der Waals surface area contributed by atoms with E-state index in [2.05, 4.69) is 6.58 Å². The van der Waals surface area contributed by atoms with Gasteiger partial charge >= 0.3 is 12.1 Å². The van der Waals surface area contributed by atoms with Gasteiger partial charge in [0.2, 0.25) is 0 Å². The fraction of sp³-hybridized carbons (Fsp3) is 0.857. The second kappa shape index (κ2) is 8.54. The standard InChI is InChI=1S/C14H23F5/c1-3-4-5-6-7-9-12(2)10-8-11-13(15,16)14(17,18)19/h3,12H,1,4-11H2,2H3. The van der Waals surface area contributed by atoms with Gasteiger partial charge in [-0.2, -0.15) is 22.0 Å². The fourth-order valence-corrected chi connectivity index (χ4v) is 1.92. The van der Waals surface area contributed by atoms with Crippen LogP contribution in [0.25, 0.3) is 0 Å². The Morgan fingerprint density at radius 2 is 1.53 bits per heavy atom. The molecule has 114 valence electrons. The third-order valence-electron chi connectivity index (χ3n) is 3.21. The van der Waals surface area contributed by atoms with Crippen molar-refractivity contribution >= 4 is 0 Å². The molecule has 0 nitrogen and oxygen atoms in total. The van der Waals surface area contributed by atoms with E-state index in [-0.39, 0.29) is 12.3 Å². The van der Waals surface area contributed by atoms with Crippen LogP contribution in [0.15, 0.2) is 12.7 Å². The van der Waals surface area contributed by atoms with E-state index in [0.717, 1.165) is 32.1 Å². The third-order valence-corrected chi connectivity index (χ3v) is 3.21. The first kappa shape index (κ1) is 18.4. The topological polar surface area (TPSA) is 0 Å². The van der Waals surface area contributed by atoms with Crippen LogP contribution in [0.2, 0.25) is 0 Å². The summed E-state index contributed by atoms with van der Waals surface area (Å²) in [6.07, 6.45) is 0.622. The number of unbranched alkanes of at least 4 members (excludes halogenated alkanes) is 3.